The Labute approximate surface area is 92.7 Å². The number of carbonyl (C=O) groups is 1. The standard InChI is InChI=1S/C9H14N2OS2/c1-6-3-11(4-7(2)14-6)9-10-8(12)5-13-9/h6-7H,3-5H2,1-2H3. The van der Waals surface area contributed by atoms with E-state index in [4.69, 9.17) is 0 Å². The normalized spacial score (nSPS) is 33.4. The van der Waals surface area contributed by atoms with E-state index in [9.17, 15) is 4.79 Å². The van der Waals surface area contributed by atoms with Crippen molar-refractivity contribution in [3.63, 3.8) is 0 Å². The van der Waals surface area contributed by atoms with Gasteiger partial charge in [0.25, 0.3) is 5.91 Å². The Morgan fingerprint density at radius 2 is 2.00 bits per heavy atom. The van der Waals surface area contributed by atoms with Gasteiger partial charge in [0.1, 0.15) is 0 Å². The molecule has 2 atom stereocenters. The Bertz CT molecular complexity index is 270. The minimum absolute atomic E-state index is 0.0172. The van der Waals surface area contributed by atoms with Crippen LogP contribution in [0.3, 0.4) is 0 Å². The third-order valence-electron chi connectivity index (χ3n) is 2.24. The zero-order chi connectivity index (χ0) is 10.1. The molecule has 2 unspecified atom stereocenters. The number of aliphatic imine (C=N–C) groups is 1. The molecule has 2 rings (SSSR count). The van der Waals surface area contributed by atoms with E-state index >= 15 is 0 Å². The largest absolute Gasteiger partial charge is 0.349 e. The first-order valence-corrected chi connectivity index (χ1v) is 6.72. The molecule has 0 radical (unpaired) electrons. The molecule has 1 saturated heterocycles. The first-order valence-electron chi connectivity index (χ1n) is 4.80. The summed E-state index contributed by atoms with van der Waals surface area (Å²) < 4.78 is 0. The summed E-state index contributed by atoms with van der Waals surface area (Å²) in [6.07, 6.45) is 0. The Kier molecular flexibility index (Phi) is 3.07. The van der Waals surface area contributed by atoms with Crippen molar-refractivity contribution in [1.29, 1.82) is 0 Å². The zero-order valence-corrected chi connectivity index (χ0v) is 10.0. The number of carbonyl (C=O) groups excluding carboxylic acids is 1. The summed E-state index contributed by atoms with van der Waals surface area (Å²) >= 11 is 3.59. The van der Waals surface area contributed by atoms with Crippen LogP contribution in [0.4, 0.5) is 0 Å². The van der Waals surface area contributed by atoms with Gasteiger partial charge in [-0.05, 0) is 0 Å². The average molecular weight is 230 g/mol. The fourth-order valence-electron chi connectivity index (χ4n) is 1.79. The van der Waals surface area contributed by atoms with Crippen LogP contribution in [-0.2, 0) is 4.79 Å². The molecule has 0 N–H and O–H groups in total. The van der Waals surface area contributed by atoms with E-state index < -0.39 is 0 Å². The summed E-state index contributed by atoms with van der Waals surface area (Å²) in [5.74, 6) is 0.547. The summed E-state index contributed by atoms with van der Waals surface area (Å²) in [7, 11) is 0. The summed E-state index contributed by atoms with van der Waals surface area (Å²) in [5, 5.41) is 2.21. The van der Waals surface area contributed by atoms with Crippen LogP contribution in [0.25, 0.3) is 0 Å². The SMILES string of the molecule is CC1CN(C2=NC(=O)CS2)CC(C)S1. The number of nitrogens with zero attached hydrogens (tertiary/aromatic N) is 2. The van der Waals surface area contributed by atoms with Crippen molar-refractivity contribution in [2.75, 3.05) is 18.8 Å². The molecule has 0 aromatic carbocycles. The van der Waals surface area contributed by atoms with Gasteiger partial charge in [0.2, 0.25) is 0 Å². The topological polar surface area (TPSA) is 32.7 Å². The predicted octanol–water partition coefficient (Wildman–Crippen LogP) is 1.44. The van der Waals surface area contributed by atoms with Crippen LogP contribution >= 0.6 is 23.5 Å². The van der Waals surface area contributed by atoms with Gasteiger partial charge in [0, 0.05) is 23.6 Å². The lowest BCUT2D eigenvalue weighted by Crippen LogP contribution is -2.42. The monoisotopic (exact) mass is 230 g/mol. The Morgan fingerprint density at radius 3 is 2.50 bits per heavy atom. The van der Waals surface area contributed by atoms with Crippen LogP contribution in [-0.4, -0.2) is 45.3 Å². The second kappa shape index (κ2) is 4.14. The van der Waals surface area contributed by atoms with E-state index in [1.807, 2.05) is 11.8 Å². The van der Waals surface area contributed by atoms with Gasteiger partial charge < -0.3 is 4.90 Å². The molecular weight excluding hydrogens is 216 g/mol. The van der Waals surface area contributed by atoms with E-state index in [2.05, 4.69) is 23.7 Å². The van der Waals surface area contributed by atoms with E-state index in [-0.39, 0.29) is 5.91 Å². The first-order chi connectivity index (χ1) is 6.65. The molecule has 0 spiro atoms. The Hall–Kier alpha value is -0.160. The number of thioether (sulfide) groups is 2. The first kappa shape index (κ1) is 10.4. The number of hydrogen-bond acceptors (Lipinski definition) is 4. The molecule has 0 aliphatic carbocycles. The fourth-order valence-corrected chi connectivity index (χ4v) is 3.93. The van der Waals surface area contributed by atoms with Crippen LogP contribution in [0.5, 0.6) is 0 Å². The predicted molar refractivity (Wildman–Crippen MR) is 63.0 cm³/mol. The molecule has 0 saturated carbocycles. The summed E-state index contributed by atoms with van der Waals surface area (Å²) in [6.45, 7) is 6.51. The smallest absolute Gasteiger partial charge is 0.258 e. The molecule has 78 valence electrons. The number of rotatable bonds is 0. The summed E-state index contributed by atoms with van der Waals surface area (Å²) in [5.41, 5.74) is 0. The molecule has 1 fully saturated rings. The maximum Gasteiger partial charge on any atom is 0.258 e. The average Bonchev–Trinajstić information content (AvgIpc) is 2.50. The van der Waals surface area contributed by atoms with E-state index in [1.165, 1.54) is 0 Å². The van der Waals surface area contributed by atoms with Crippen molar-refractivity contribution in [2.45, 2.75) is 24.3 Å². The molecule has 0 aromatic heterocycles. The maximum atomic E-state index is 11.0. The van der Waals surface area contributed by atoms with Crippen LogP contribution in [0.15, 0.2) is 4.99 Å². The van der Waals surface area contributed by atoms with E-state index in [0.29, 0.717) is 16.3 Å². The number of hydrogen-bond donors (Lipinski definition) is 0. The number of amidine groups is 1. The molecule has 3 nitrogen and oxygen atoms in total. The highest BCUT2D eigenvalue weighted by Gasteiger charge is 2.27. The van der Waals surface area contributed by atoms with Gasteiger partial charge in [-0.1, -0.05) is 25.6 Å². The third kappa shape index (κ3) is 2.25. The van der Waals surface area contributed by atoms with Crippen LogP contribution < -0.4 is 0 Å². The Balaban J connectivity index is 2.03. The highest BCUT2D eigenvalue weighted by atomic mass is 32.2. The van der Waals surface area contributed by atoms with Gasteiger partial charge in [-0.15, -0.1) is 0 Å². The summed E-state index contributed by atoms with van der Waals surface area (Å²) in [4.78, 5) is 17.3. The van der Waals surface area contributed by atoms with Crippen LogP contribution in [0.2, 0.25) is 0 Å². The second-order valence-corrected chi connectivity index (χ2v) is 6.56. The molecule has 14 heavy (non-hydrogen) atoms. The fraction of sp³-hybridized carbons (Fsp3) is 0.778. The van der Waals surface area contributed by atoms with Crippen LogP contribution in [0, 0.1) is 0 Å². The molecule has 1 amide bonds. The quantitative estimate of drug-likeness (QED) is 0.630. The van der Waals surface area contributed by atoms with Crippen molar-refractivity contribution in [3.8, 4) is 0 Å². The van der Waals surface area contributed by atoms with Gasteiger partial charge in [-0.3, -0.25) is 4.79 Å². The molecule has 0 aromatic rings. The van der Waals surface area contributed by atoms with Gasteiger partial charge in [0.05, 0.1) is 5.75 Å². The maximum absolute atomic E-state index is 11.0. The van der Waals surface area contributed by atoms with Crippen LogP contribution in [0.1, 0.15) is 13.8 Å². The lowest BCUT2D eigenvalue weighted by Gasteiger charge is -2.35. The van der Waals surface area contributed by atoms with Crippen molar-refractivity contribution in [3.05, 3.63) is 0 Å². The second-order valence-electron chi connectivity index (χ2n) is 3.74. The van der Waals surface area contributed by atoms with Crippen molar-refractivity contribution >= 4 is 34.6 Å². The van der Waals surface area contributed by atoms with E-state index in [1.54, 1.807) is 11.8 Å². The highest BCUT2D eigenvalue weighted by molar-refractivity contribution is 8.14. The van der Waals surface area contributed by atoms with Gasteiger partial charge in [-0.25, -0.2) is 0 Å². The molecular formula is C9H14N2OS2. The lowest BCUT2D eigenvalue weighted by molar-refractivity contribution is -0.115. The third-order valence-corrected chi connectivity index (χ3v) is 4.46. The van der Waals surface area contributed by atoms with Crippen molar-refractivity contribution in [1.82, 2.24) is 4.90 Å². The Morgan fingerprint density at radius 1 is 1.36 bits per heavy atom. The lowest BCUT2D eigenvalue weighted by atomic mass is 10.3. The zero-order valence-electron chi connectivity index (χ0n) is 8.40. The minimum Gasteiger partial charge on any atom is -0.349 e. The minimum atomic E-state index is 0.0172. The molecule has 0 bridgehead atoms. The van der Waals surface area contributed by atoms with Gasteiger partial charge in [0.15, 0.2) is 5.17 Å². The molecule has 2 heterocycles. The summed E-state index contributed by atoms with van der Waals surface area (Å²) in [6, 6.07) is 0. The van der Waals surface area contributed by atoms with Gasteiger partial charge >= 0.3 is 0 Å². The molecule has 2 aliphatic heterocycles. The van der Waals surface area contributed by atoms with Crippen molar-refractivity contribution < 1.29 is 4.79 Å². The molecule has 2 aliphatic rings. The molecule has 5 heteroatoms. The van der Waals surface area contributed by atoms with Gasteiger partial charge in [-0.2, -0.15) is 16.8 Å². The van der Waals surface area contributed by atoms with E-state index in [0.717, 1.165) is 18.3 Å². The van der Waals surface area contributed by atoms with Crippen molar-refractivity contribution in [2.24, 2.45) is 4.99 Å². The number of amides is 1. The highest BCUT2D eigenvalue weighted by Crippen LogP contribution is 2.28.